The third-order valence-electron chi connectivity index (χ3n) is 3.22. The standard InChI is InChI=1S/C11H17N3O2/c1-2-9-12-13-10-7-8(3-4-11(15)16)5-6-14(9)10/h8H,2-7H2,1H3,(H,15,16). The minimum atomic E-state index is -0.707. The predicted octanol–water partition coefficient (Wildman–Crippen LogP) is 1.27. The number of nitrogens with zero attached hydrogens (tertiary/aromatic N) is 3. The molecule has 0 saturated heterocycles. The molecule has 1 N–H and O–H groups in total. The van der Waals surface area contributed by atoms with Gasteiger partial charge in [0.25, 0.3) is 0 Å². The van der Waals surface area contributed by atoms with E-state index in [0.29, 0.717) is 5.92 Å². The van der Waals surface area contributed by atoms with Gasteiger partial charge in [0, 0.05) is 25.8 Å². The van der Waals surface area contributed by atoms with Gasteiger partial charge in [-0.05, 0) is 18.8 Å². The lowest BCUT2D eigenvalue weighted by Crippen LogP contribution is -2.21. The first kappa shape index (κ1) is 11.1. The van der Waals surface area contributed by atoms with Crippen LogP contribution in [0, 0.1) is 5.92 Å². The molecule has 0 amide bonds. The summed E-state index contributed by atoms with van der Waals surface area (Å²) in [7, 11) is 0. The average Bonchev–Trinajstić information content (AvgIpc) is 2.68. The van der Waals surface area contributed by atoms with E-state index < -0.39 is 5.97 Å². The maximum atomic E-state index is 10.5. The fourth-order valence-electron chi connectivity index (χ4n) is 2.29. The summed E-state index contributed by atoms with van der Waals surface area (Å²) in [5, 5.41) is 17.0. The van der Waals surface area contributed by atoms with Gasteiger partial charge in [-0.25, -0.2) is 0 Å². The van der Waals surface area contributed by atoms with Crippen LogP contribution in [0.4, 0.5) is 0 Å². The lowest BCUT2D eigenvalue weighted by Gasteiger charge is -2.22. The molecule has 0 aromatic carbocycles. The molecule has 0 aliphatic carbocycles. The van der Waals surface area contributed by atoms with E-state index >= 15 is 0 Å². The van der Waals surface area contributed by atoms with Crippen molar-refractivity contribution in [1.29, 1.82) is 0 Å². The topological polar surface area (TPSA) is 68.0 Å². The molecule has 5 heteroatoms. The Morgan fingerprint density at radius 2 is 2.38 bits per heavy atom. The molecule has 0 saturated carbocycles. The van der Waals surface area contributed by atoms with Crippen molar-refractivity contribution in [3.8, 4) is 0 Å². The Morgan fingerprint density at radius 1 is 1.56 bits per heavy atom. The number of hydrogen-bond acceptors (Lipinski definition) is 3. The van der Waals surface area contributed by atoms with E-state index in [-0.39, 0.29) is 6.42 Å². The maximum absolute atomic E-state index is 10.5. The highest BCUT2D eigenvalue weighted by atomic mass is 16.4. The van der Waals surface area contributed by atoms with E-state index in [1.54, 1.807) is 0 Å². The number of rotatable bonds is 4. The SMILES string of the molecule is CCc1nnc2n1CCC(CCC(=O)O)C2. The monoisotopic (exact) mass is 223 g/mol. The number of hydrogen-bond donors (Lipinski definition) is 1. The number of carboxylic acid groups (broad SMARTS) is 1. The first-order chi connectivity index (χ1) is 7.70. The van der Waals surface area contributed by atoms with Gasteiger partial charge in [-0.3, -0.25) is 4.79 Å². The number of aromatic nitrogens is 3. The third kappa shape index (κ3) is 2.23. The number of carboxylic acids is 1. The number of carbonyl (C=O) groups is 1. The quantitative estimate of drug-likeness (QED) is 0.834. The minimum Gasteiger partial charge on any atom is -0.481 e. The van der Waals surface area contributed by atoms with Crippen molar-refractivity contribution >= 4 is 5.97 Å². The molecular weight excluding hydrogens is 206 g/mol. The molecule has 1 aromatic rings. The smallest absolute Gasteiger partial charge is 0.303 e. The van der Waals surface area contributed by atoms with Crippen LogP contribution in [0.3, 0.4) is 0 Å². The highest BCUT2D eigenvalue weighted by Crippen LogP contribution is 2.24. The fraction of sp³-hybridized carbons (Fsp3) is 0.727. The van der Waals surface area contributed by atoms with Crippen molar-refractivity contribution in [2.24, 2.45) is 5.92 Å². The Balaban J connectivity index is 1.98. The second-order valence-corrected chi connectivity index (χ2v) is 4.33. The lowest BCUT2D eigenvalue weighted by molar-refractivity contribution is -0.137. The highest BCUT2D eigenvalue weighted by molar-refractivity contribution is 5.66. The van der Waals surface area contributed by atoms with Gasteiger partial charge in [-0.2, -0.15) is 0 Å². The Morgan fingerprint density at radius 3 is 3.06 bits per heavy atom. The normalized spacial score (nSPS) is 19.4. The molecular formula is C11H17N3O2. The van der Waals surface area contributed by atoms with Crippen LogP contribution < -0.4 is 0 Å². The summed E-state index contributed by atoms with van der Waals surface area (Å²) in [6.07, 6.45) is 3.85. The minimum absolute atomic E-state index is 0.263. The lowest BCUT2D eigenvalue weighted by atomic mass is 9.93. The van der Waals surface area contributed by atoms with E-state index in [4.69, 9.17) is 5.11 Å². The molecule has 1 aromatic heterocycles. The second-order valence-electron chi connectivity index (χ2n) is 4.33. The van der Waals surface area contributed by atoms with Gasteiger partial charge in [0.05, 0.1) is 0 Å². The van der Waals surface area contributed by atoms with Gasteiger partial charge < -0.3 is 9.67 Å². The van der Waals surface area contributed by atoms with Gasteiger partial charge in [0.2, 0.25) is 0 Å². The molecule has 2 heterocycles. The summed E-state index contributed by atoms with van der Waals surface area (Å²) in [4.78, 5) is 10.5. The van der Waals surface area contributed by atoms with Gasteiger partial charge in [0.1, 0.15) is 11.6 Å². The second kappa shape index (κ2) is 4.63. The average molecular weight is 223 g/mol. The first-order valence-corrected chi connectivity index (χ1v) is 5.83. The van der Waals surface area contributed by atoms with Gasteiger partial charge in [-0.15, -0.1) is 10.2 Å². The summed E-state index contributed by atoms with van der Waals surface area (Å²) in [5.74, 6) is 1.82. The van der Waals surface area contributed by atoms with E-state index in [9.17, 15) is 4.79 Å². The first-order valence-electron chi connectivity index (χ1n) is 5.83. The summed E-state index contributed by atoms with van der Waals surface area (Å²) < 4.78 is 2.18. The van der Waals surface area contributed by atoms with Crippen LogP contribution in [0.5, 0.6) is 0 Å². The van der Waals surface area contributed by atoms with Crippen molar-refractivity contribution < 1.29 is 9.90 Å². The van der Waals surface area contributed by atoms with Crippen molar-refractivity contribution in [3.05, 3.63) is 11.6 Å². The van der Waals surface area contributed by atoms with Crippen molar-refractivity contribution in [2.45, 2.75) is 45.6 Å². The zero-order chi connectivity index (χ0) is 11.5. The summed E-state index contributed by atoms with van der Waals surface area (Å²) in [6.45, 7) is 3.02. The molecule has 1 aliphatic heterocycles. The van der Waals surface area contributed by atoms with Crippen LogP contribution in [0.1, 0.15) is 37.8 Å². The van der Waals surface area contributed by atoms with Crippen LogP contribution in [0.2, 0.25) is 0 Å². The highest BCUT2D eigenvalue weighted by Gasteiger charge is 2.22. The molecule has 1 unspecified atom stereocenters. The zero-order valence-electron chi connectivity index (χ0n) is 9.52. The van der Waals surface area contributed by atoms with Crippen LogP contribution in [0.25, 0.3) is 0 Å². The van der Waals surface area contributed by atoms with Gasteiger partial charge >= 0.3 is 5.97 Å². The molecule has 0 radical (unpaired) electrons. The molecule has 0 fully saturated rings. The zero-order valence-corrected chi connectivity index (χ0v) is 9.52. The van der Waals surface area contributed by atoms with Crippen molar-refractivity contribution in [2.75, 3.05) is 0 Å². The molecule has 88 valence electrons. The summed E-state index contributed by atoms with van der Waals surface area (Å²) in [6, 6.07) is 0. The fourth-order valence-corrected chi connectivity index (χ4v) is 2.29. The van der Waals surface area contributed by atoms with Crippen LogP contribution in [0.15, 0.2) is 0 Å². The van der Waals surface area contributed by atoms with Crippen LogP contribution >= 0.6 is 0 Å². The largest absolute Gasteiger partial charge is 0.481 e. The third-order valence-corrected chi connectivity index (χ3v) is 3.22. The number of aliphatic carboxylic acids is 1. The van der Waals surface area contributed by atoms with E-state index in [2.05, 4.69) is 21.7 Å². The van der Waals surface area contributed by atoms with Crippen molar-refractivity contribution in [3.63, 3.8) is 0 Å². The Labute approximate surface area is 94.5 Å². The molecule has 16 heavy (non-hydrogen) atoms. The molecule has 2 rings (SSSR count). The molecule has 0 bridgehead atoms. The molecule has 1 aliphatic rings. The molecule has 0 spiro atoms. The number of fused-ring (bicyclic) bond motifs is 1. The van der Waals surface area contributed by atoms with Crippen LogP contribution in [-0.2, 0) is 24.2 Å². The Kier molecular flexibility index (Phi) is 3.22. The maximum Gasteiger partial charge on any atom is 0.303 e. The van der Waals surface area contributed by atoms with E-state index in [0.717, 1.165) is 43.9 Å². The predicted molar refractivity (Wildman–Crippen MR) is 58.1 cm³/mol. The van der Waals surface area contributed by atoms with Crippen molar-refractivity contribution in [1.82, 2.24) is 14.8 Å². The summed E-state index contributed by atoms with van der Waals surface area (Å²) >= 11 is 0. The Bertz CT molecular complexity index is 387. The van der Waals surface area contributed by atoms with E-state index in [1.807, 2.05) is 0 Å². The van der Waals surface area contributed by atoms with Gasteiger partial charge in [0.15, 0.2) is 0 Å². The Hall–Kier alpha value is -1.39. The summed E-state index contributed by atoms with van der Waals surface area (Å²) in [5.41, 5.74) is 0. The van der Waals surface area contributed by atoms with Gasteiger partial charge in [-0.1, -0.05) is 6.92 Å². The molecule has 5 nitrogen and oxygen atoms in total. The van der Waals surface area contributed by atoms with Crippen LogP contribution in [-0.4, -0.2) is 25.8 Å². The van der Waals surface area contributed by atoms with E-state index in [1.165, 1.54) is 0 Å². The number of aryl methyl sites for hydroxylation is 1. The molecule has 1 atom stereocenters.